The van der Waals surface area contributed by atoms with E-state index in [0.717, 1.165) is 17.4 Å². The number of rotatable bonds is 0. The second-order valence-corrected chi connectivity index (χ2v) is 4.44. The molecule has 88 valence electrons. The molecule has 0 atom stereocenters. The summed E-state index contributed by atoms with van der Waals surface area (Å²) in [6.45, 7) is 6.65. The Morgan fingerprint density at radius 2 is 1.81 bits per heavy atom. The van der Waals surface area contributed by atoms with Crippen molar-refractivity contribution in [3.05, 3.63) is 24.3 Å². The van der Waals surface area contributed by atoms with Gasteiger partial charge in [0.05, 0.1) is 5.69 Å². The fourth-order valence-corrected chi connectivity index (χ4v) is 1.23. The molecule has 0 aromatic heterocycles. The van der Waals surface area contributed by atoms with Crippen LogP contribution in [0.1, 0.15) is 20.8 Å². The number of carbonyl (C=O) groups is 1. The lowest BCUT2D eigenvalue weighted by Crippen LogP contribution is -2.35. The van der Waals surface area contributed by atoms with E-state index in [1.165, 1.54) is 0 Å². The van der Waals surface area contributed by atoms with Crippen LogP contribution in [0.25, 0.3) is 0 Å². The molecule has 1 aliphatic rings. The van der Waals surface area contributed by atoms with Gasteiger partial charge in [-0.25, -0.2) is 0 Å². The maximum absolute atomic E-state index is 11.2. The Hall–Kier alpha value is -1.51. The summed E-state index contributed by atoms with van der Waals surface area (Å²) in [6.07, 6.45) is 0. The van der Waals surface area contributed by atoms with Crippen LogP contribution in [0, 0.1) is 5.92 Å². The van der Waals surface area contributed by atoms with E-state index < -0.39 is 0 Å². The molecule has 0 unspecified atom stereocenters. The largest absolute Gasteiger partial charge is 0.482 e. The zero-order valence-electron chi connectivity index (χ0n) is 10.4. The number of carbonyl (C=O) groups excluding carboxylic acids is 1. The predicted octanol–water partition coefficient (Wildman–Crippen LogP) is 2.70. The van der Waals surface area contributed by atoms with Gasteiger partial charge in [-0.15, -0.1) is 0 Å². The van der Waals surface area contributed by atoms with E-state index in [0.29, 0.717) is 0 Å². The summed E-state index contributed by atoms with van der Waals surface area (Å²) in [5.41, 5.74) is 0.841. The maximum atomic E-state index is 11.2. The molecule has 0 saturated heterocycles. The van der Waals surface area contributed by atoms with E-state index in [-0.39, 0.29) is 12.5 Å². The Kier molecular flexibility index (Phi) is 4.35. The molecule has 0 spiro atoms. The van der Waals surface area contributed by atoms with Crippen LogP contribution in [-0.4, -0.2) is 19.6 Å². The minimum atomic E-state index is -0.00583. The Morgan fingerprint density at radius 1 is 1.25 bits per heavy atom. The highest BCUT2D eigenvalue weighted by atomic mass is 16.5. The topological polar surface area (TPSA) is 29.5 Å². The first-order chi connectivity index (χ1) is 7.52. The van der Waals surface area contributed by atoms with Crippen molar-refractivity contribution in [1.29, 1.82) is 0 Å². The number of para-hydroxylation sites is 2. The van der Waals surface area contributed by atoms with Crippen LogP contribution in [0.5, 0.6) is 5.75 Å². The van der Waals surface area contributed by atoms with Crippen molar-refractivity contribution in [3.8, 4) is 5.75 Å². The van der Waals surface area contributed by atoms with Crippen LogP contribution in [0.2, 0.25) is 0 Å². The first kappa shape index (κ1) is 12.6. The van der Waals surface area contributed by atoms with Crippen LogP contribution < -0.4 is 9.64 Å². The maximum Gasteiger partial charge on any atom is 0.264 e. The number of likely N-dealkylation sites (N-methyl/N-ethyl adjacent to an activating group) is 1. The predicted molar refractivity (Wildman–Crippen MR) is 65.9 cm³/mol. The van der Waals surface area contributed by atoms with Gasteiger partial charge in [-0.2, -0.15) is 0 Å². The van der Waals surface area contributed by atoms with Gasteiger partial charge < -0.3 is 9.64 Å². The standard InChI is InChI=1S/C9H9NO2.C4H10/c1-10-7-4-2-3-5-8(7)12-6-9(10)11;1-4(2)3/h2-5H,6H2,1H3;4H,1-3H3. The second-order valence-electron chi connectivity index (χ2n) is 4.44. The fraction of sp³-hybridized carbons (Fsp3) is 0.462. The summed E-state index contributed by atoms with van der Waals surface area (Å²) < 4.78 is 5.21. The molecule has 0 N–H and O–H groups in total. The van der Waals surface area contributed by atoms with Crippen molar-refractivity contribution >= 4 is 11.6 Å². The first-order valence-corrected chi connectivity index (χ1v) is 5.50. The van der Waals surface area contributed by atoms with E-state index in [1.807, 2.05) is 24.3 Å². The number of ether oxygens (including phenoxy) is 1. The van der Waals surface area contributed by atoms with E-state index >= 15 is 0 Å². The SMILES string of the molecule is CC(C)C.CN1C(=O)COc2ccccc21. The molecule has 0 aliphatic carbocycles. The van der Waals surface area contributed by atoms with E-state index in [1.54, 1.807) is 11.9 Å². The molecular weight excluding hydrogens is 202 g/mol. The fourth-order valence-electron chi connectivity index (χ4n) is 1.23. The van der Waals surface area contributed by atoms with Gasteiger partial charge in [-0.05, 0) is 18.1 Å². The van der Waals surface area contributed by atoms with Gasteiger partial charge >= 0.3 is 0 Å². The van der Waals surface area contributed by atoms with Crippen LogP contribution in [-0.2, 0) is 4.79 Å². The van der Waals surface area contributed by atoms with Crippen molar-refractivity contribution in [2.75, 3.05) is 18.6 Å². The lowest BCUT2D eigenvalue weighted by Gasteiger charge is -2.25. The molecule has 3 heteroatoms. The van der Waals surface area contributed by atoms with Crippen LogP contribution in [0.4, 0.5) is 5.69 Å². The molecule has 1 heterocycles. The molecule has 0 saturated carbocycles. The van der Waals surface area contributed by atoms with Gasteiger partial charge in [0, 0.05) is 7.05 Å². The number of hydrogen-bond donors (Lipinski definition) is 0. The third kappa shape index (κ3) is 3.26. The van der Waals surface area contributed by atoms with E-state index in [4.69, 9.17) is 4.74 Å². The lowest BCUT2D eigenvalue weighted by atomic mass is 10.2. The normalized spacial score (nSPS) is 13.8. The van der Waals surface area contributed by atoms with Crippen LogP contribution in [0.3, 0.4) is 0 Å². The summed E-state index contributed by atoms with van der Waals surface area (Å²) in [5, 5.41) is 0. The zero-order chi connectivity index (χ0) is 12.1. The van der Waals surface area contributed by atoms with Crippen molar-refractivity contribution in [3.63, 3.8) is 0 Å². The Bertz CT molecular complexity index is 358. The van der Waals surface area contributed by atoms with Crippen molar-refractivity contribution in [2.24, 2.45) is 5.92 Å². The molecule has 0 fully saturated rings. The Balaban J connectivity index is 0.000000280. The molecule has 1 amide bonds. The van der Waals surface area contributed by atoms with Gasteiger partial charge in [0.2, 0.25) is 0 Å². The molecular formula is C13H19NO2. The first-order valence-electron chi connectivity index (χ1n) is 5.50. The average molecular weight is 221 g/mol. The average Bonchev–Trinajstić information content (AvgIpc) is 2.23. The molecule has 2 rings (SSSR count). The minimum absolute atomic E-state index is 0.00583. The third-order valence-electron chi connectivity index (χ3n) is 1.95. The van der Waals surface area contributed by atoms with Gasteiger partial charge in [-0.3, -0.25) is 4.79 Å². The van der Waals surface area contributed by atoms with Crippen molar-refractivity contribution < 1.29 is 9.53 Å². The van der Waals surface area contributed by atoms with E-state index in [9.17, 15) is 4.79 Å². The summed E-state index contributed by atoms with van der Waals surface area (Å²) in [4.78, 5) is 12.8. The van der Waals surface area contributed by atoms with Crippen molar-refractivity contribution in [1.82, 2.24) is 0 Å². The summed E-state index contributed by atoms with van der Waals surface area (Å²) in [6, 6.07) is 7.50. The number of hydrogen-bond acceptors (Lipinski definition) is 2. The highest BCUT2D eigenvalue weighted by molar-refractivity contribution is 5.97. The number of benzene rings is 1. The molecule has 0 radical (unpaired) electrons. The zero-order valence-corrected chi connectivity index (χ0v) is 10.4. The number of amides is 1. The quantitative estimate of drug-likeness (QED) is 0.674. The Morgan fingerprint density at radius 3 is 2.44 bits per heavy atom. The number of fused-ring (bicyclic) bond motifs is 1. The number of nitrogens with zero attached hydrogens (tertiary/aromatic N) is 1. The third-order valence-corrected chi connectivity index (χ3v) is 1.95. The van der Waals surface area contributed by atoms with E-state index in [2.05, 4.69) is 20.8 Å². The number of anilines is 1. The molecule has 1 aliphatic heterocycles. The lowest BCUT2D eigenvalue weighted by molar-refractivity contribution is -0.120. The molecule has 16 heavy (non-hydrogen) atoms. The Labute approximate surface area is 97.0 Å². The van der Waals surface area contributed by atoms with Gasteiger partial charge in [0.1, 0.15) is 5.75 Å². The highest BCUT2D eigenvalue weighted by Crippen LogP contribution is 2.29. The summed E-state index contributed by atoms with van der Waals surface area (Å²) in [5.74, 6) is 1.60. The van der Waals surface area contributed by atoms with Crippen LogP contribution in [0.15, 0.2) is 24.3 Å². The van der Waals surface area contributed by atoms with Gasteiger partial charge in [0.25, 0.3) is 5.91 Å². The van der Waals surface area contributed by atoms with Crippen LogP contribution >= 0.6 is 0 Å². The molecule has 1 aromatic carbocycles. The molecule has 1 aromatic rings. The monoisotopic (exact) mass is 221 g/mol. The second kappa shape index (κ2) is 5.54. The molecule has 0 bridgehead atoms. The van der Waals surface area contributed by atoms with Crippen molar-refractivity contribution in [2.45, 2.75) is 20.8 Å². The summed E-state index contributed by atoms with van der Waals surface area (Å²) in [7, 11) is 1.75. The highest BCUT2D eigenvalue weighted by Gasteiger charge is 2.20. The van der Waals surface area contributed by atoms with Gasteiger partial charge in [0.15, 0.2) is 6.61 Å². The molecule has 3 nitrogen and oxygen atoms in total. The minimum Gasteiger partial charge on any atom is -0.482 e. The summed E-state index contributed by atoms with van der Waals surface area (Å²) >= 11 is 0. The van der Waals surface area contributed by atoms with Gasteiger partial charge in [-0.1, -0.05) is 32.9 Å². The smallest absolute Gasteiger partial charge is 0.264 e.